The molecule has 1 aromatic heterocycles. The van der Waals surface area contributed by atoms with E-state index in [9.17, 15) is 4.79 Å². The highest BCUT2D eigenvalue weighted by atomic mass is 16.2. The summed E-state index contributed by atoms with van der Waals surface area (Å²) in [4.78, 5) is 19.9. The van der Waals surface area contributed by atoms with E-state index in [1.165, 1.54) is 23.1 Å². The van der Waals surface area contributed by atoms with Crippen LogP contribution in [0.2, 0.25) is 0 Å². The van der Waals surface area contributed by atoms with Crippen molar-refractivity contribution < 1.29 is 4.79 Å². The lowest BCUT2D eigenvalue weighted by atomic mass is 10.1. The number of amides is 1. The molecule has 1 aliphatic carbocycles. The normalized spacial score (nSPS) is 13.9. The lowest BCUT2D eigenvalue weighted by Crippen LogP contribution is -2.33. The molecule has 4 nitrogen and oxygen atoms in total. The lowest BCUT2D eigenvalue weighted by Gasteiger charge is -2.19. The maximum atomic E-state index is 12.5. The van der Waals surface area contributed by atoms with Gasteiger partial charge in [0.25, 0.3) is 5.91 Å². The molecule has 0 radical (unpaired) electrons. The number of carbonyl (C=O) groups is 1. The molecule has 1 aromatic carbocycles. The molecule has 0 fully saturated rings. The number of likely N-dealkylation sites (N-methyl/N-ethyl adjacent to an activating group) is 2. The Morgan fingerprint density at radius 1 is 1.19 bits per heavy atom. The maximum absolute atomic E-state index is 12.5. The molecular weight excluding hydrogens is 262 g/mol. The van der Waals surface area contributed by atoms with Crippen LogP contribution in [0, 0.1) is 0 Å². The number of carbonyl (C=O) groups excluding carboxylic acids is 1. The van der Waals surface area contributed by atoms with Gasteiger partial charge in [-0.1, -0.05) is 0 Å². The van der Waals surface area contributed by atoms with Crippen LogP contribution in [0.1, 0.15) is 28.0 Å². The zero-order chi connectivity index (χ0) is 15.0. The van der Waals surface area contributed by atoms with Crippen molar-refractivity contribution >= 4 is 16.8 Å². The quantitative estimate of drug-likeness (QED) is 0.936. The molecule has 0 saturated heterocycles. The van der Waals surface area contributed by atoms with Gasteiger partial charge < -0.3 is 14.8 Å². The molecule has 1 N–H and O–H groups in total. The maximum Gasteiger partial charge on any atom is 0.253 e. The summed E-state index contributed by atoms with van der Waals surface area (Å²) >= 11 is 0. The Hall–Kier alpha value is -1.81. The van der Waals surface area contributed by atoms with Gasteiger partial charge in [0, 0.05) is 42.3 Å². The predicted molar refractivity (Wildman–Crippen MR) is 85.8 cm³/mol. The Labute approximate surface area is 125 Å². The molecular formula is C17H23N3O. The number of hydrogen-bond donors (Lipinski definition) is 1. The Morgan fingerprint density at radius 3 is 2.76 bits per heavy atom. The number of nitrogens with one attached hydrogen (secondary N) is 1. The minimum atomic E-state index is 0.103. The van der Waals surface area contributed by atoms with Crippen molar-refractivity contribution in [3.8, 4) is 0 Å². The van der Waals surface area contributed by atoms with E-state index in [2.05, 4.69) is 16.0 Å². The van der Waals surface area contributed by atoms with Crippen molar-refractivity contribution in [2.75, 3.05) is 34.2 Å². The second-order valence-electron chi connectivity index (χ2n) is 6.23. The van der Waals surface area contributed by atoms with Gasteiger partial charge in [0.15, 0.2) is 0 Å². The van der Waals surface area contributed by atoms with E-state index < -0.39 is 0 Å². The summed E-state index contributed by atoms with van der Waals surface area (Å²) in [7, 11) is 5.92. The summed E-state index contributed by atoms with van der Waals surface area (Å²) in [6, 6.07) is 6.04. The second-order valence-corrected chi connectivity index (χ2v) is 6.23. The number of hydrogen-bond acceptors (Lipinski definition) is 2. The summed E-state index contributed by atoms with van der Waals surface area (Å²) in [5.74, 6) is 0.103. The van der Waals surface area contributed by atoms with E-state index in [1.54, 1.807) is 4.90 Å². The van der Waals surface area contributed by atoms with Crippen LogP contribution in [-0.2, 0) is 12.8 Å². The van der Waals surface area contributed by atoms with Crippen LogP contribution in [0.15, 0.2) is 18.2 Å². The minimum Gasteiger partial charge on any atom is -0.358 e. The zero-order valence-electron chi connectivity index (χ0n) is 13.1. The average molecular weight is 285 g/mol. The van der Waals surface area contributed by atoms with Crippen molar-refractivity contribution in [2.24, 2.45) is 0 Å². The molecule has 0 unspecified atom stereocenters. The zero-order valence-corrected chi connectivity index (χ0v) is 13.1. The second kappa shape index (κ2) is 5.53. The van der Waals surface area contributed by atoms with Crippen LogP contribution in [0.25, 0.3) is 10.9 Å². The van der Waals surface area contributed by atoms with Crippen LogP contribution >= 0.6 is 0 Å². The smallest absolute Gasteiger partial charge is 0.253 e. The lowest BCUT2D eigenvalue weighted by molar-refractivity contribution is 0.0786. The number of fused-ring (bicyclic) bond motifs is 3. The van der Waals surface area contributed by atoms with Gasteiger partial charge in [-0.25, -0.2) is 0 Å². The van der Waals surface area contributed by atoms with E-state index in [1.807, 2.05) is 33.3 Å². The first-order chi connectivity index (χ1) is 10.1. The van der Waals surface area contributed by atoms with Crippen LogP contribution < -0.4 is 0 Å². The number of aromatic amines is 1. The van der Waals surface area contributed by atoms with Crippen molar-refractivity contribution in [2.45, 2.75) is 19.3 Å². The summed E-state index contributed by atoms with van der Waals surface area (Å²) in [5, 5.41) is 1.23. The van der Waals surface area contributed by atoms with Gasteiger partial charge >= 0.3 is 0 Å². The van der Waals surface area contributed by atoms with Gasteiger partial charge in [-0.05, 0) is 57.1 Å². The van der Waals surface area contributed by atoms with Crippen LogP contribution in [0.3, 0.4) is 0 Å². The molecule has 3 rings (SSSR count). The fourth-order valence-corrected chi connectivity index (χ4v) is 3.05. The number of benzene rings is 1. The molecule has 1 aliphatic rings. The van der Waals surface area contributed by atoms with Crippen molar-refractivity contribution in [3.63, 3.8) is 0 Å². The third kappa shape index (κ3) is 2.68. The standard InChI is InChI=1S/C17H23N3O/c1-19(2)9-10-20(3)17(21)12-7-8-16-14(11-12)13-5-4-6-15(13)18-16/h7-8,11,18H,4-6,9-10H2,1-3H3. The fourth-order valence-electron chi connectivity index (χ4n) is 3.05. The number of H-pyrrole nitrogens is 1. The molecule has 0 aliphatic heterocycles. The summed E-state index contributed by atoms with van der Waals surface area (Å²) in [6.07, 6.45) is 3.48. The van der Waals surface area contributed by atoms with E-state index >= 15 is 0 Å². The SMILES string of the molecule is CN(C)CCN(C)C(=O)c1ccc2[nH]c3c(c2c1)CCC3. The molecule has 0 saturated carbocycles. The van der Waals surface area contributed by atoms with Gasteiger partial charge in [-0.15, -0.1) is 0 Å². The van der Waals surface area contributed by atoms with E-state index in [4.69, 9.17) is 0 Å². The third-order valence-corrected chi connectivity index (χ3v) is 4.32. The van der Waals surface area contributed by atoms with Gasteiger partial charge in [0.05, 0.1) is 0 Å². The van der Waals surface area contributed by atoms with Crippen molar-refractivity contribution in [1.82, 2.24) is 14.8 Å². The first kappa shape index (κ1) is 14.1. The van der Waals surface area contributed by atoms with Gasteiger partial charge in [0.1, 0.15) is 0 Å². The van der Waals surface area contributed by atoms with Crippen molar-refractivity contribution in [3.05, 3.63) is 35.0 Å². The average Bonchev–Trinajstić information content (AvgIpc) is 3.04. The first-order valence-electron chi connectivity index (χ1n) is 7.60. The summed E-state index contributed by atoms with van der Waals surface area (Å²) < 4.78 is 0. The molecule has 21 heavy (non-hydrogen) atoms. The highest BCUT2D eigenvalue weighted by molar-refractivity contribution is 5.99. The number of aromatic nitrogens is 1. The number of aryl methyl sites for hydroxylation is 2. The molecule has 0 bridgehead atoms. The van der Waals surface area contributed by atoms with E-state index in [0.29, 0.717) is 0 Å². The van der Waals surface area contributed by atoms with Gasteiger partial charge in [0.2, 0.25) is 0 Å². The predicted octanol–water partition coefficient (Wildman–Crippen LogP) is 2.29. The Bertz CT molecular complexity index is 672. The van der Waals surface area contributed by atoms with E-state index in [0.717, 1.165) is 37.0 Å². The van der Waals surface area contributed by atoms with Gasteiger partial charge in [-0.3, -0.25) is 4.79 Å². The largest absolute Gasteiger partial charge is 0.358 e. The molecule has 0 atom stereocenters. The molecule has 1 heterocycles. The molecule has 2 aromatic rings. The topological polar surface area (TPSA) is 39.3 Å². The number of rotatable bonds is 4. The van der Waals surface area contributed by atoms with Crippen molar-refractivity contribution in [1.29, 1.82) is 0 Å². The van der Waals surface area contributed by atoms with Gasteiger partial charge in [-0.2, -0.15) is 0 Å². The Morgan fingerprint density at radius 2 is 2.00 bits per heavy atom. The molecule has 4 heteroatoms. The first-order valence-corrected chi connectivity index (χ1v) is 7.60. The molecule has 0 spiro atoms. The fraction of sp³-hybridized carbons (Fsp3) is 0.471. The van der Waals surface area contributed by atoms with Crippen LogP contribution in [0.4, 0.5) is 0 Å². The molecule has 1 amide bonds. The third-order valence-electron chi connectivity index (χ3n) is 4.32. The number of nitrogens with zero attached hydrogens (tertiary/aromatic N) is 2. The highest BCUT2D eigenvalue weighted by Gasteiger charge is 2.19. The van der Waals surface area contributed by atoms with Crippen LogP contribution in [-0.4, -0.2) is 54.9 Å². The summed E-state index contributed by atoms with van der Waals surface area (Å²) in [6.45, 7) is 1.62. The van der Waals surface area contributed by atoms with Crippen LogP contribution in [0.5, 0.6) is 0 Å². The highest BCUT2D eigenvalue weighted by Crippen LogP contribution is 2.30. The minimum absolute atomic E-state index is 0.103. The van der Waals surface area contributed by atoms with E-state index in [-0.39, 0.29) is 5.91 Å². The Kier molecular flexibility index (Phi) is 3.72. The monoisotopic (exact) mass is 285 g/mol. The molecule has 112 valence electrons. The summed E-state index contributed by atoms with van der Waals surface area (Å²) in [5.41, 5.74) is 4.72. The Balaban J connectivity index is 1.85.